The van der Waals surface area contributed by atoms with Crippen LogP contribution in [0.2, 0.25) is 0 Å². The Morgan fingerprint density at radius 2 is 1.90 bits per heavy atom. The van der Waals surface area contributed by atoms with E-state index in [4.69, 9.17) is 10.8 Å². The van der Waals surface area contributed by atoms with Gasteiger partial charge >= 0.3 is 5.97 Å². The van der Waals surface area contributed by atoms with Crippen molar-refractivity contribution in [3.8, 4) is 0 Å². The van der Waals surface area contributed by atoms with E-state index >= 15 is 0 Å². The fourth-order valence-electron chi connectivity index (χ4n) is 2.14. The van der Waals surface area contributed by atoms with Crippen molar-refractivity contribution < 1.29 is 14.7 Å². The number of nitrogens with two attached hydrogens (primary N) is 1. The molecule has 21 heavy (non-hydrogen) atoms. The van der Waals surface area contributed by atoms with Gasteiger partial charge in [0, 0.05) is 12.3 Å². The number of hydrogen-bond acceptors (Lipinski definition) is 3. The number of rotatable bonds is 9. The molecule has 5 nitrogen and oxygen atoms in total. The van der Waals surface area contributed by atoms with Gasteiger partial charge in [-0.2, -0.15) is 0 Å². The van der Waals surface area contributed by atoms with Crippen LogP contribution in [0.4, 0.5) is 0 Å². The van der Waals surface area contributed by atoms with Crippen LogP contribution in [0.15, 0.2) is 30.3 Å². The molecule has 0 bridgehead atoms. The standard InChI is InChI=1S/C16H24N2O3/c1-12(6-5-11-17)16(21)18-14(9-10-15(19)20)13-7-3-2-4-8-13/h2-4,7-8,12,14H,5-6,9-11,17H2,1H3,(H,18,21)(H,19,20). The molecule has 2 unspecified atom stereocenters. The molecule has 0 aliphatic rings. The molecule has 1 aromatic rings. The van der Waals surface area contributed by atoms with Crippen molar-refractivity contribution in [2.45, 2.75) is 38.6 Å². The molecule has 1 aromatic carbocycles. The van der Waals surface area contributed by atoms with Crippen LogP contribution in [-0.2, 0) is 9.59 Å². The second-order valence-electron chi connectivity index (χ2n) is 5.24. The van der Waals surface area contributed by atoms with Gasteiger partial charge in [0.05, 0.1) is 6.04 Å². The molecule has 116 valence electrons. The van der Waals surface area contributed by atoms with E-state index < -0.39 is 5.97 Å². The number of aliphatic carboxylic acids is 1. The number of amides is 1. The van der Waals surface area contributed by atoms with Gasteiger partial charge in [-0.25, -0.2) is 0 Å². The zero-order valence-corrected chi connectivity index (χ0v) is 12.4. The molecule has 1 amide bonds. The second-order valence-corrected chi connectivity index (χ2v) is 5.24. The maximum absolute atomic E-state index is 12.2. The highest BCUT2D eigenvalue weighted by molar-refractivity contribution is 5.78. The van der Waals surface area contributed by atoms with Gasteiger partial charge in [0.1, 0.15) is 0 Å². The summed E-state index contributed by atoms with van der Waals surface area (Å²) in [7, 11) is 0. The number of benzene rings is 1. The largest absolute Gasteiger partial charge is 0.481 e. The lowest BCUT2D eigenvalue weighted by Crippen LogP contribution is -2.33. The minimum atomic E-state index is -0.860. The summed E-state index contributed by atoms with van der Waals surface area (Å²) in [5.41, 5.74) is 6.38. The van der Waals surface area contributed by atoms with Crippen LogP contribution in [-0.4, -0.2) is 23.5 Å². The normalized spacial score (nSPS) is 13.4. The number of nitrogens with one attached hydrogen (secondary N) is 1. The zero-order chi connectivity index (χ0) is 15.7. The first-order valence-corrected chi connectivity index (χ1v) is 7.31. The Bertz CT molecular complexity index is 448. The van der Waals surface area contributed by atoms with Gasteiger partial charge in [-0.3, -0.25) is 9.59 Å². The van der Waals surface area contributed by atoms with E-state index in [-0.39, 0.29) is 24.3 Å². The topological polar surface area (TPSA) is 92.4 Å². The number of carboxylic acids is 1. The molecule has 0 fully saturated rings. The Labute approximate surface area is 125 Å². The average molecular weight is 292 g/mol. The van der Waals surface area contributed by atoms with Gasteiger partial charge in [-0.15, -0.1) is 0 Å². The van der Waals surface area contributed by atoms with Crippen molar-refractivity contribution in [2.75, 3.05) is 6.54 Å². The molecule has 0 heterocycles. The first kappa shape index (κ1) is 17.2. The van der Waals surface area contributed by atoms with Crippen molar-refractivity contribution in [3.63, 3.8) is 0 Å². The monoisotopic (exact) mass is 292 g/mol. The van der Waals surface area contributed by atoms with E-state index in [2.05, 4.69) is 5.32 Å². The van der Waals surface area contributed by atoms with E-state index in [9.17, 15) is 9.59 Å². The fourth-order valence-corrected chi connectivity index (χ4v) is 2.14. The number of carbonyl (C=O) groups is 2. The Morgan fingerprint density at radius 1 is 1.24 bits per heavy atom. The SMILES string of the molecule is CC(CCCN)C(=O)NC(CCC(=O)O)c1ccccc1. The Morgan fingerprint density at radius 3 is 2.48 bits per heavy atom. The Kier molecular flexibility index (Phi) is 7.46. The minimum Gasteiger partial charge on any atom is -0.481 e. The summed E-state index contributed by atoms with van der Waals surface area (Å²) < 4.78 is 0. The number of carboxylic acid groups (broad SMARTS) is 1. The third kappa shape index (κ3) is 6.40. The maximum atomic E-state index is 12.2. The lowest BCUT2D eigenvalue weighted by atomic mass is 9.99. The highest BCUT2D eigenvalue weighted by Gasteiger charge is 2.19. The molecule has 0 aliphatic carbocycles. The summed E-state index contributed by atoms with van der Waals surface area (Å²) in [4.78, 5) is 22.9. The second kappa shape index (κ2) is 9.13. The van der Waals surface area contributed by atoms with Gasteiger partial charge in [0.25, 0.3) is 0 Å². The lowest BCUT2D eigenvalue weighted by molar-refractivity contribution is -0.137. The predicted molar refractivity (Wildman–Crippen MR) is 81.6 cm³/mol. The molecule has 0 spiro atoms. The third-order valence-corrected chi connectivity index (χ3v) is 3.45. The van der Waals surface area contributed by atoms with Gasteiger partial charge in [-0.1, -0.05) is 37.3 Å². The van der Waals surface area contributed by atoms with Crippen LogP contribution < -0.4 is 11.1 Å². The van der Waals surface area contributed by atoms with E-state index in [0.717, 1.165) is 18.4 Å². The molecule has 0 aromatic heterocycles. The molecule has 5 heteroatoms. The van der Waals surface area contributed by atoms with Gasteiger partial charge in [-0.05, 0) is 31.4 Å². The molecule has 0 saturated carbocycles. The number of hydrogen-bond donors (Lipinski definition) is 3. The van der Waals surface area contributed by atoms with Gasteiger partial charge in [0.15, 0.2) is 0 Å². The Balaban J connectivity index is 2.68. The first-order chi connectivity index (χ1) is 10.0. The minimum absolute atomic E-state index is 0.0248. The molecule has 1 rings (SSSR count). The summed E-state index contributed by atoms with van der Waals surface area (Å²) in [5.74, 6) is -1.03. The molecule has 0 radical (unpaired) electrons. The number of carbonyl (C=O) groups excluding carboxylic acids is 1. The summed E-state index contributed by atoms with van der Waals surface area (Å²) in [6.07, 6.45) is 1.95. The van der Waals surface area contributed by atoms with Crippen LogP contribution in [0.1, 0.15) is 44.2 Å². The molecular formula is C16H24N2O3. The molecule has 2 atom stereocenters. The van der Waals surface area contributed by atoms with Crippen LogP contribution in [0.5, 0.6) is 0 Å². The molecule has 0 saturated heterocycles. The van der Waals surface area contributed by atoms with Crippen molar-refractivity contribution in [1.82, 2.24) is 5.32 Å². The van der Waals surface area contributed by atoms with Crippen LogP contribution in [0.25, 0.3) is 0 Å². The highest BCUT2D eigenvalue weighted by atomic mass is 16.4. The van der Waals surface area contributed by atoms with E-state index in [1.54, 1.807) is 0 Å². The van der Waals surface area contributed by atoms with Crippen LogP contribution in [0.3, 0.4) is 0 Å². The lowest BCUT2D eigenvalue weighted by Gasteiger charge is -2.21. The fraction of sp³-hybridized carbons (Fsp3) is 0.500. The summed E-state index contributed by atoms with van der Waals surface area (Å²) in [6.45, 7) is 2.43. The van der Waals surface area contributed by atoms with Gasteiger partial charge in [0.2, 0.25) is 5.91 Å². The van der Waals surface area contributed by atoms with Crippen LogP contribution in [0, 0.1) is 5.92 Å². The molecule has 0 aliphatic heterocycles. The predicted octanol–water partition coefficient (Wildman–Crippen LogP) is 2.08. The first-order valence-electron chi connectivity index (χ1n) is 7.31. The van der Waals surface area contributed by atoms with E-state index in [0.29, 0.717) is 13.0 Å². The van der Waals surface area contributed by atoms with Crippen molar-refractivity contribution in [3.05, 3.63) is 35.9 Å². The van der Waals surface area contributed by atoms with Crippen molar-refractivity contribution in [1.29, 1.82) is 0 Å². The third-order valence-electron chi connectivity index (χ3n) is 3.45. The Hall–Kier alpha value is -1.88. The van der Waals surface area contributed by atoms with Gasteiger partial charge < -0.3 is 16.2 Å². The summed E-state index contributed by atoms with van der Waals surface area (Å²) in [5, 5.41) is 11.8. The van der Waals surface area contributed by atoms with Crippen molar-refractivity contribution in [2.24, 2.45) is 11.7 Å². The maximum Gasteiger partial charge on any atom is 0.303 e. The summed E-state index contributed by atoms with van der Waals surface area (Å²) >= 11 is 0. The van der Waals surface area contributed by atoms with Crippen LogP contribution >= 0.6 is 0 Å². The van der Waals surface area contributed by atoms with E-state index in [1.807, 2.05) is 37.3 Å². The molecular weight excluding hydrogens is 268 g/mol. The average Bonchev–Trinajstić information content (AvgIpc) is 2.49. The van der Waals surface area contributed by atoms with E-state index in [1.165, 1.54) is 0 Å². The van der Waals surface area contributed by atoms with Crippen molar-refractivity contribution >= 4 is 11.9 Å². The molecule has 4 N–H and O–H groups in total. The highest BCUT2D eigenvalue weighted by Crippen LogP contribution is 2.19. The zero-order valence-electron chi connectivity index (χ0n) is 12.4. The quantitative estimate of drug-likeness (QED) is 0.649. The summed E-state index contributed by atoms with van der Waals surface area (Å²) in [6, 6.07) is 9.19. The smallest absolute Gasteiger partial charge is 0.303 e.